The Kier molecular flexibility index (Phi) is 8.82. The second kappa shape index (κ2) is 11.6. The Balaban J connectivity index is 0.000000488. The van der Waals surface area contributed by atoms with Crippen molar-refractivity contribution < 1.29 is 19.1 Å². The molecule has 1 aromatic carbocycles. The molecule has 0 bridgehead atoms. The number of nitrogens with one attached hydrogen (secondary N) is 3. The average molecular weight is 434 g/mol. The fourth-order valence-electron chi connectivity index (χ4n) is 2.98. The number of aromatic nitrogens is 2. The number of piperidine rings is 1. The van der Waals surface area contributed by atoms with E-state index in [0.29, 0.717) is 22.8 Å². The Labute approximate surface area is 178 Å². The number of methoxy groups -OCH3 is 3. The number of benzene rings is 1. The molecule has 168 valence electrons. The Morgan fingerprint density at radius 3 is 1.97 bits per heavy atom. The van der Waals surface area contributed by atoms with Gasteiger partial charge in [0.2, 0.25) is 5.75 Å². The Hall–Kier alpha value is -3.60. The van der Waals surface area contributed by atoms with Gasteiger partial charge in [-0.15, -0.1) is 0 Å². The molecular weight excluding hydrogens is 408 g/mol. The lowest BCUT2D eigenvalue weighted by molar-refractivity contribution is -0.386. The lowest BCUT2D eigenvalue weighted by atomic mass is 10.1. The predicted molar refractivity (Wildman–Crippen MR) is 116 cm³/mol. The molecule has 0 aliphatic carbocycles. The maximum absolute atomic E-state index is 11.6. The summed E-state index contributed by atoms with van der Waals surface area (Å²) in [6.45, 7) is 2.50. The van der Waals surface area contributed by atoms with Crippen molar-refractivity contribution in [2.45, 2.75) is 19.3 Å². The molecule has 31 heavy (non-hydrogen) atoms. The highest BCUT2D eigenvalue weighted by molar-refractivity contribution is 5.74. The Bertz CT molecular complexity index is 1000. The molecule has 1 saturated heterocycles. The van der Waals surface area contributed by atoms with E-state index in [-0.39, 0.29) is 5.69 Å². The predicted octanol–water partition coefficient (Wildman–Crippen LogP) is 1.93. The molecule has 0 atom stereocenters. The van der Waals surface area contributed by atoms with E-state index in [1.165, 1.54) is 65.8 Å². The number of H-pyrrole nitrogens is 2. The number of nitro groups is 1. The van der Waals surface area contributed by atoms with E-state index in [9.17, 15) is 19.7 Å². The Morgan fingerprint density at radius 1 is 0.935 bits per heavy atom. The molecule has 1 fully saturated rings. The number of aromatic amines is 2. The van der Waals surface area contributed by atoms with Crippen LogP contribution >= 0.6 is 0 Å². The average Bonchev–Trinajstić information content (AvgIpc) is 2.77. The van der Waals surface area contributed by atoms with Gasteiger partial charge in [-0.2, -0.15) is 0 Å². The molecule has 2 heterocycles. The zero-order valence-corrected chi connectivity index (χ0v) is 17.6. The monoisotopic (exact) mass is 434 g/mol. The van der Waals surface area contributed by atoms with E-state index in [0.717, 1.165) is 0 Å². The first-order valence-electron chi connectivity index (χ1n) is 9.61. The van der Waals surface area contributed by atoms with Crippen molar-refractivity contribution in [1.82, 2.24) is 15.3 Å². The van der Waals surface area contributed by atoms with Crippen molar-refractivity contribution in [3.8, 4) is 17.2 Å². The standard InChI is InChI=1S/C15H15N3O7.C5H11N/c1-23-10-6-8(7-11(24-2)13(10)25-3)4-5-9-12(18(21)22)14(19)17-15(20)16-9;1-2-4-6-5-3-1/h4-7H,1-3H3,(H2,16,17,19,20);6H,1-5H2/b5-4+;. The van der Waals surface area contributed by atoms with Crippen LogP contribution in [0.5, 0.6) is 17.2 Å². The second-order valence-electron chi connectivity index (χ2n) is 6.53. The first-order chi connectivity index (χ1) is 14.9. The van der Waals surface area contributed by atoms with Crippen LogP contribution in [0.1, 0.15) is 30.5 Å². The summed E-state index contributed by atoms with van der Waals surface area (Å²) < 4.78 is 15.6. The van der Waals surface area contributed by atoms with Crippen LogP contribution in [0.15, 0.2) is 21.7 Å². The summed E-state index contributed by atoms with van der Waals surface area (Å²) >= 11 is 0. The molecule has 0 saturated carbocycles. The van der Waals surface area contributed by atoms with Gasteiger partial charge in [-0.05, 0) is 49.7 Å². The van der Waals surface area contributed by atoms with E-state index in [2.05, 4.69) is 10.3 Å². The molecular formula is C20H26N4O7. The minimum Gasteiger partial charge on any atom is -0.493 e. The number of ether oxygens (including phenoxy) is 3. The fourth-order valence-corrected chi connectivity index (χ4v) is 2.98. The molecule has 0 amide bonds. The van der Waals surface area contributed by atoms with Crippen molar-refractivity contribution in [3.05, 3.63) is 54.3 Å². The molecule has 11 heteroatoms. The third kappa shape index (κ3) is 6.44. The summed E-state index contributed by atoms with van der Waals surface area (Å²) in [6, 6.07) is 3.21. The molecule has 0 radical (unpaired) electrons. The third-order valence-electron chi connectivity index (χ3n) is 4.46. The van der Waals surface area contributed by atoms with Crippen molar-refractivity contribution in [2.75, 3.05) is 34.4 Å². The van der Waals surface area contributed by atoms with Crippen LogP contribution in [-0.4, -0.2) is 49.3 Å². The molecule has 0 spiro atoms. The van der Waals surface area contributed by atoms with Crippen molar-refractivity contribution in [3.63, 3.8) is 0 Å². The number of nitrogens with zero attached hydrogens (tertiary/aromatic N) is 1. The van der Waals surface area contributed by atoms with E-state index in [4.69, 9.17) is 14.2 Å². The van der Waals surface area contributed by atoms with Gasteiger partial charge in [0.1, 0.15) is 5.69 Å². The SMILES string of the molecule is C1CCNCC1.COc1cc(/C=C/c2[nH]c(=O)[nH]c(=O)c2[N+](=O)[O-])cc(OC)c1OC. The second-order valence-corrected chi connectivity index (χ2v) is 6.53. The lowest BCUT2D eigenvalue weighted by Crippen LogP contribution is -2.25. The Morgan fingerprint density at radius 2 is 1.55 bits per heavy atom. The minimum absolute atomic E-state index is 0.229. The lowest BCUT2D eigenvalue weighted by Gasteiger charge is -2.12. The largest absolute Gasteiger partial charge is 0.493 e. The minimum atomic E-state index is -1.08. The van der Waals surface area contributed by atoms with Crippen LogP contribution in [0.2, 0.25) is 0 Å². The molecule has 1 aliphatic rings. The first kappa shape index (κ1) is 23.7. The van der Waals surface area contributed by atoms with E-state index in [1.807, 2.05) is 4.98 Å². The van der Waals surface area contributed by atoms with Gasteiger partial charge in [-0.25, -0.2) is 4.79 Å². The van der Waals surface area contributed by atoms with E-state index >= 15 is 0 Å². The van der Waals surface area contributed by atoms with Gasteiger partial charge in [-0.3, -0.25) is 19.9 Å². The molecule has 11 nitrogen and oxygen atoms in total. The molecule has 3 N–H and O–H groups in total. The summed E-state index contributed by atoms with van der Waals surface area (Å²) in [5.74, 6) is 1.16. The van der Waals surface area contributed by atoms with Gasteiger partial charge in [0.05, 0.1) is 26.3 Å². The molecule has 1 aliphatic heterocycles. The summed E-state index contributed by atoms with van der Waals surface area (Å²) in [7, 11) is 4.36. The van der Waals surface area contributed by atoms with Gasteiger partial charge in [0, 0.05) is 0 Å². The first-order valence-corrected chi connectivity index (χ1v) is 9.61. The maximum Gasteiger partial charge on any atom is 0.357 e. The van der Waals surface area contributed by atoms with Crippen LogP contribution in [0.25, 0.3) is 12.2 Å². The van der Waals surface area contributed by atoms with Gasteiger partial charge in [0.15, 0.2) is 11.5 Å². The quantitative estimate of drug-likeness (QED) is 0.461. The zero-order valence-electron chi connectivity index (χ0n) is 17.6. The highest BCUT2D eigenvalue weighted by Gasteiger charge is 2.19. The van der Waals surface area contributed by atoms with Gasteiger partial charge >= 0.3 is 16.9 Å². The van der Waals surface area contributed by atoms with Crippen LogP contribution < -0.4 is 30.8 Å². The van der Waals surface area contributed by atoms with Crippen LogP contribution in [0.4, 0.5) is 5.69 Å². The fraction of sp³-hybridized carbons (Fsp3) is 0.400. The van der Waals surface area contributed by atoms with E-state index in [1.54, 1.807) is 12.1 Å². The van der Waals surface area contributed by atoms with Crippen molar-refractivity contribution in [2.24, 2.45) is 0 Å². The summed E-state index contributed by atoms with van der Waals surface area (Å²) in [5, 5.41) is 14.3. The van der Waals surface area contributed by atoms with Crippen molar-refractivity contribution >= 4 is 17.8 Å². The topological polar surface area (TPSA) is 149 Å². The summed E-state index contributed by atoms with van der Waals surface area (Å²) in [4.78, 5) is 37.1. The van der Waals surface area contributed by atoms with Crippen molar-refractivity contribution in [1.29, 1.82) is 0 Å². The maximum atomic E-state index is 11.6. The summed E-state index contributed by atoms with van der Waals surface area (Å²) in [5.41, 5.74) is -2.38. The molecule has 2 aromatic rings. The smallest absolute Gasteiger partial charge is 0.357 e. The third-order valence-corrected chi connectivity index (χ3v) is 4.46. The van der Waals surface area contributed by atoms with Crippen LogP contribution in [0.3, 0.4) is 0 Å². The summed E-state index contributed by atoms with van der Waals surface area (Å²) in [6.07, 6.45) is 6.92. The number of hydrogen-bond acceptors (Lipinski definition) is 8. The van der Waals surface area contributed by atoms with Gasteiger partial charge in [-0.1, -0.05) is 12.5 Å². The molecule has 0 unspecified atom stereocenters. The molecule has 3 rings (SSSR count). The van der Waals surface area contributed by atoms with Gasteiger partial charge in [0.25, 0.3) is 0 Å². The highest BCUT2D eigenvalue weighted by atomic mass is 16.6. The normalized spacial score (nSPS) is 13.3. The van der Waals surface area contributed by atoms with Crippen LogP contribution in [-0.2, 0) is 0 Å². The zero-order chi connectivity index (χ0) is 22.8. The molecule has 1 aromatic heterocycles. The van der Waals surface area contributed by atoms with Crippen LogP contribution in [0, 0.1) is 10.1 Å². The number of hydrogen-bond donors (Lipinski definition) is 3. The van der Waals surface area contributed by atoms with E-state index < -0.39 is 21.9 Å². The van der Waals surface area contributed by atoms with Gasteiger partial charge < -0.3 is 24.5 Å². The highest BCUT2D eigenvalue weighted by Crippen LogP contribution is 2.38. The number of rotatable bonds is 6.